The van der Waals surface area contributed by atoms with Crippen molar-refractivity contribution in [1.82, 2.24) is 0 Å². The molecule has 0 saturated heterocycles. The molecule has 98 valence electrons. The number of imide groups is 1. The molecule has 1 aromatic rings. The third-order valence-corrected chi connectivity index (χ3v) is 3.35. The SMILES string of the molecule is CC1=C(C)C(=O)N(c2ccc(C(=O)O)cc2Cl)C1=O. The highest BCUT2D eigenvalue weighted by Gasteiger charge is 2.35. The molecule has 0 aliphatic carbocycles. The van der Waals surface area contributed by atoms with E-state index < -0.39 is 17.8 Å². The van der Waals surface area contributed by atoms with Gasteiger partial charge in [-0.1, -0.05) is 11.6 Å². The van der Waals surface area contributed by atoms with Crippen LogP contribution in [0.5, 0.6) is 0 Å². The van der Waals surface area contributed by atoms with Crippen molar-refractivity contribution in [2.75, 3.05) is 4.90 Å². The van der Waals surface area contributed by atoms with Crippen molar-refractivity contribution < 1.29 is 19.5 Å². The Kier molecular flexibility index (Phi) is 3.16. The highest BCUT2D eigenvalue weighted by molar-refractivity contribution is 6.39. The molecule has 0 aromatic heterocycles. The van der Waals surface area contributed by atoms with Gasteiger partial charge in [-0.2, -0.15) is 0 Å². The van der Waals surface area contributed by atoms with Crippen LogP contribution in [0.15, 0.2) is 29.3 Å². The number of carboxylic acids is 1. The molecule has 2 rings (SSSR count). The molecule has 1 aliphatic rings. The lowest BCUT2D eigenvalue weighted by Gasteiger charge is -2.16. The number of rotatable bonds is 2. The molecule has 1 N–H and O–H groups in total. The first-order valence-electron chi connectivity index (χ1n) is 5.43. The summed E-state index contributed by atoms with van der Waals surface area (Å²) >= 11 is 5.95. The summed E-state index contributed by atoms with van der Waals surface area (Å²) in [6.07, 6.45) is 0. The summed E-state index contributed by atoms with van der Waals surface area (Å²) in [5.41, 5.74) is 0.916. The van der Waals surface area contributed by atoms with E-state index in [9.17, 15) is 14.4 Å². The molecule has 2 amide bonds. The van der Waals surface area contributed by atoms with E-state index in [0.717, 1.165) is 4.90 Å². The number of nitrogens with zero attached hydrogens (tertiary/aromatic N) is 1. The van der Waals surface area contributed by atoms with E-state index in [0.29, 0.717) is 11.1 Å². The van der Waals surface area contributed by atoms with Gasteiger partial charge in [-0.25, -0.2) is 9.69 Å². The molecular formula is C13H10ClNO4. The maximum Gasteiger partial charge on any atom is 0.335 e. The lowest BCUT2D eigenvalue weighted by atomic mass is 10.2. The smallest absolute Gasteiger partial charge is 0.335 e. The third-order valence-electron chi connectivity index (χ3n) is 3.05. The van der Waals surface area contributed by atoms with Crippen molar-refractivity contribution in [2.45, 2.75) is 13.8 Å². The Morgan fingerprint density at radius 2 is 1.68 bits per heavy atom. The van der Waals surface area contributed by atoms with Crippen LogP contribution in [-0.4, -0.2) is 22.9 Å². The van der Waals surface area contributed by atoms with E-state index >= 15 is 0 Å². The Morgan fingerprint density at radius 1 is 1.16 bits per heavy atom. The minimum atomic E-state index is -1.13. The van der Waals surface area contributed by atoms with E-state index in [1.54, 1.807) is 13.8 Å². The standard InChI is InChI=1S/C13H10ClNO4/c1-6-7(2)12(17)15(11(6)16)10-4-3-8(13(18)19)5-9(10)14/h3-5H,1-2H3,(H,18,19). The molecule has 0 spiro atoms. The van der Waals surface area contributed by atoms with Crippen molar-refractivity contribution in [3.63, 3.8) is 0 Å². The number of carbonyl (C=O) groups is 3. The Hall–Kier alpha value is -2.14. The third kappa shape index (κ3) is 2.02. The zero-order valence-corrected chi connectivity index (χ0v) is 11.0. The number of amides is 2. The molecule has 0 atom stereocenters. The van der Waals surface area contributed by atoms with Crippen LogP contribution < -0.4 is 4.90 Å². The zero-order chi connectivity index (χ0) is 14.3. The first kappa shape index (κ1) is 13.3. The summed E-state index contributed by atoms with van der Waals surface area (Å²) in [5.74, 6) is -2.00. The summed E-state index contributed by atoms with van der Waals surface area (Å²) in [4.78, 5) is 35.7. The zero-order valence-electron chi connectivity index (χ0n) is 10.2. The fourth-order valence-corrected chi connectivity index (χ4v) is 2.05. The molecule has 0 fully saturated rings. The van der Waals surface area contributed by atoms with Crippen molar-refractivity contribution in [2.24, 2.45) is 0 Å². The Bertz CT molecular complexity index is 624. The molecule has 0 saturated carbocycles. The summed E-state index contributed by atoms with van der Waals surface area (Å²) in [5, 5.41) is 8.88. The number of benzene rings is 1. The highest BCUT2D eigenvalue weighted by atomic mass is 35.5. The molecule has 1 aromatic carbocycles. The van der Waals surface area contributed by atoms with Crippen LogP contribution in [-0.2, 0) is 9.59 Å². The van der Waals surface area contributed by atoms with Crippen LogP contribution in [0.4, 0.5) is 5.69 Å². The van der Waals surface area contributed by atoms with Gasteiger partial charge in [0.05, 0.1) is 16.3 Å². The second-order valence-corrected chi connectivity index (χ2v) is 4.57. The summed E-state index contributed by atoms with van der Waals surface area (Å²) < 4.78 is 0. The van der Waals surface area contributed by atoms with Gasteiger partial charge in [0.15, 0.2) is 0 Å². The normalized spacial score (nSPS) is 15.4. The van der Waals surface area contributed by atoms with Crippen LogP contribution in [0.1, 0.15) is 24.2 Å². The number of hydrogen-bond donors (Lipinski definition) is 1. The van der Waals surface area contributed by atoms with Crippen LogP contribution in [0.3, 0.4) is 0 Å². The first-order valence-corrected chi connectivity index (χ1v) is 5.81. The number of halogens is 1. The number of hydrogen-bond acceptors (Lipinski definition) is 3. The molecule has 1 heterocycles. The van der Waals surface area contributed by atoms with Crippen LogP contribution >= 0.6 is 11.6 Å². The minimum Gasteiger partial charge on any atom is -0.478 e. The number of carbonyl (C=O) groups excluding carboxylic acids is 2. The van der Waals surface area contributed by atoms with E-state index in [4.69, 9.17) is 16.7 Å². The van der Waals surface area contributed by atoms with Crippen molar-refractivity contribution in [1.29, 1.82) is 0 Å². The van der Waals surface area contributed by atoms with Gasteiger partial charge in [0.1, 0.15) is 0 Å². The predicted molar refractivity (Wildman–Crippen MR) is 69.3 cm³/mol. The van der Waals surface area contributed by atoms with Gasteiger partial charge >= 0.3 is 5.97 Å². The number of aromatic carboxylic acids is 1. The maximum atomic E-state index is 12.0. The average molecular weight is 280 g/mol. The van der Waals surface area contributed by atoms with E-state index in [-0.39, 0.29) is 16.3 Å². The van der Waals surface area contributed by atoms with Gasteiger partial charge in [-0.15, -0.1) is 0 Å². The van der Waals surface area contributed by atoms with Gasteiger partial charge in [-0.05, 0) is 32.0 Å². The van der Waals surface area contributed by atoms with Crippen LogP contribution in [0, 0.1) is 0 Å². The molecule has 1 aliphatic heterocycles. The van der Waals surface area contributed by atoms with Gasteiger partial charge in [0.25, 0.3) is 11.8 Å². The Morgan fingerprint density at radius 3 is 2.11 bits per heavy atom. The minimum absolute atomic E-state index is 0.00533. The molecule has 5 nitrogen and oxygen atoms in total. The fourth-order valence-electron chi connectivity index (χ4n) is 1.79. The van der Waals surface area contributed by atoms with Gasteiger partial charge in [0.2, 0.25) is 0 Å². The predicted octanol–water partition coefficient (Wildman–Crippen LogP) is 2.25. The quantitative estimate of drug-likeness (QED) is 0.843. The fraction of sp³-hybridized carbons (Fsp3) is 0.154. The highest BCUT2D eigenvalue weighted by Crippen LogP contribution is 2.32. The molecule has 19 heavy (non-hydrogen) atoms. The summed E-state index contributed by atoms with van der Waals surface area (Å²) in [7, 11) is 0. The number of anilines is 1. The summed E-state index contributed by atoms with van der Waals surface area (Å²) in [6, 6.07) is 3.86. The van der Waals surface area contributed by atoms with Gasteiger partial charge in [-0.3, -0.25) is 9.59 Å². The number of carboxylic acid groups (broad SMARTS) is 1. The lowest BCUT2D eigenvalue weighted by molar-refractivity contribution is -0.120. The molecule has 0 unspecified atom stereocenters. The van der Waals surface area contributed by atoms with Gasteiger partial charge in [0, 0.05) is 11.1 Å². The van der Waals surface area contributed by atoms with Crippen molar-refractivity contribution >= 4 is 35.1 Å². The Labute approximate surface area is 114 Å². The average Bonchev–Trinajstić information content (AvgIpc) is 2.55. The van der Waals surface area contributed by atoms with Crippen molar-refractivity contribution in [3.8, 4) is 0 Å². The molecule has 0 radical (unpaired) electrons. The van der Waals surface area contributed by atoms with E-state index in [1.165, 1.54) is 18.2 Å². The van der Waals surface area contributed by atoms with Crippen molar-refractivity contribution in [3.05, 3.63) is 39.9 Å². The van der Waals surface area contributed by atoms with E-state index in [2.05, 4.69) is 0 Å². The van der Waals surface area contributed by atoms with Gasteiger partial charge < -0.3 is 5.11 Å². The summed E-state index contributed by atoms with van der Waals surface area (Å²) in [6.45, 7) is 3.13. The second-order valence-electron chi connectivity index (χ2n) is 4.17. The largest absolute Gasteiger partial charge is 0.478 e. The molecule has 0 bridgehead atoms. The van der Waals surface area contributed by atoms with Crippen LogP contribution in [0.2, 0.25) is 5.02 Å². The first-order chi connectivity index (χ1) is 8.84. The second kappa shape index (κ2) is 4.51. The van der Waals surface area contributed by atoms with E-state index in [1.807, 2.05) is 0 Å². The Balaban J connectivity index is 2.48. The van der Waals surface area contributed by atoms with Crippen LogP contribution in [0.25, 0.3) is 0 Å². The monoisotopic (exact) mass is 279 g/mol. The molecular weight excluding hydrogens is 270 g/mol. The lowest BCUT2D eigenvalue weighted by Crippen LogP contribution is -2.31. The topological polar surface area (TPSA) is 74.7 Å². The molecule has 6 heteroatoms. The maximum absolute atomic E-state index is 12.0.